The van der Waals surface area contributed by atoms with Crippen LogP contribution in [0.1, 0.15) is 59.3 Å². The predicted octanol–water partition coefficient (Wildman–Crippen LogP) is 2.74. The number of amides is 5. The standard InChI is InChI=1S/C28H35N5O7S/c1-27(2,3)40-26(38)29-11-5-4-6-12-39-17-7-8-18-20(13-17)41-25(30-18)32-15-28(16-32)14-22(35)33(24(28)37)19-9-10-21(34)31-23(19)36/h7-8,13,19H,4-6,9-12,14-16H2,1-3H3,(H,29,38)(H,31,34,36). The topological polar surface area (TPSA) is 147 Å². The number of piperidine rings is 1. The molecule has 5 rings (SSSR count). The number of alkyl carbamates (subject to hydrolysis) is 1. The van der Waals surface area contributed by atoms with E-state index in [-0.39, 0.29) is 37.0 Å². The Balaban J connectivity index is 1.09. The molecular formula is C28H35N5O7S. The maximum atomic E-state index is 13.3. The minimum Gasteiger partial charge on any atom is -0.494 e. The third-order valence-electron chi connectivity index (χ3n) is 7.32. The fraction of sp³-hybridized carbons (Fsp3) is 0.571. The number of aromatic nitrogens is 1. The van der Waals surface area contributed by atoms with Crippen molar-refractivity contribution in [3.8, 4) is 5.75 Å². The smallest absolute Gasteiger partial charge is 0.407 e. The normalized spacial score (nSPS) is 20.4. The number of unbranched alkanes of at least 4 members (excludes halogenated alkanes) is 2. The molecule has 3 fully saturated rings. The molecule has 1 spiro atoms. The van der Waals surface area contributed by atoms with Crippen LogP contribution in [0, 0.1) is 5.41 Å². The first-order chi connectivity index (χ1) is 19.4. The average molecular weight is 586 g/mol. The molecule has 12 nitrogen and oxygen atoms in total. The highest BCUT2D eigenvalue weighted by Gasteiger charge is 2.61. The molecule has 0 aliphatic carbocycles. The summed E-state index contributed by atoms with van der Waals surface area (Å²) in [5, 5.41) is 5.74. The van der Waals surface area contributed by atoms with E-state index in [0.29, 0.717) is 26.2 Å². The number of likely N-dealkylation sites (tertiary alicyclic amines) is 1. The molecule has 1 unspecified atom stereocenters. The van der Waals surface area contributed by atoms with Gasteiger partial charge in [0.2, 0.25) is 23.6 Å². The maximum Gasteiger partial charge on any atom is 0.407 e. The highest BCUT2D eigenvalue weighted by atomic mass is 32.1. The van der Waals surface area contributed by atoms with E-state index in [2.05, 4.69) is 10.6 Å². The van der Waals surface area contributed by atoms with Crippen molar-refractivity contribution in [3.63, 3.8) is 0 Å². The van der Waals surface area contributed by atoms with Crippen LogP contribution >= 0.6 is 11.3 Å². The molecule has 13 heteroatoms. The van der Waals surface area contributed by atoms with Gasteiger partial charge in [-0.05, 0) is 64.7 Å². The number of anilines is 1. The highest BCUT2D eigenvalue weighted by Crippen LogP contribution is 2.46. The summed E-state index contributed by atoms with van der Waals surface area (Å²) in [6, 6.07) is 4.81. The fourth-order valence-corrected chi connectivity index (χ4v) is 6.34. The molecule has 0 saturated carbocycles. The van der Waals surface area contributed by atoms with E-state index in [4.69, 9.17) is 14.5 Å². The first-order valence-electron chi connectivity index (χ1n) is 13.9. The Morgan fingerprint density at radius 3 is 2.68 bits per heavy atom. The van der Waals surface area contributed by atoms with Gasteiger partial charge in [-0.2, -0.15) is 0 Å². The van der Waals surface area contributed by atoms with Crippen LogP contribution in [-0.4, -0.2) is 77.5 Å². The molecule has 4 heterocycles. The van der Waals surface area contributed by atoms with E-state index in [9.17, 15) is 24.0 Å². The van der Waals surface area contributed by atoms with Crippen molar-refractivity contribution < 1.29 is 33.4 Å². The lowest BCUT2D eigenvalue weighted by Gasteiger charge is -2.46. The molecule has 1 atom stereocenters. The first-order valence-corrected chi connectivity index (χ1v) is 14.7. The van der Waals surface area contributed by atoms with Crippen LogP contribution in [-0.2, 0) is 23.9 Å². The van der Waals surface area contributed by atoms with Crippen LogP contribution in [0.25, 0.3) is 10.2 Å². The molecule has 3 aliphatic rings. The highest BCUT2D eigenvalue weighted by molar-refractivity contribution is 7.22. The number of ether oxygens (including phenoxy) is 2. The number of nitrogens with zero attached hydrogens (tertiary/aromatic N) is 3. The second kappa shape index (κ2) is 11.3. The number of rotatable bonds is 9. The predicted molar refractivity (Wildman–Crippen MR) is 150 cm³/mol. The summed E-state index contributed by atoms with van der Waals surface area (Å²) >= 11 is 1.50. The molecule has 2 N–H and O–H groups in total. The van der Waals surface area contributed by atoms with Gasteiger partial charge in [-0.3, -0.25) is 29.4 Å². The van der Waals surface area contributed by atoms with E-state index >= 15 is 0 Å². The Morgan fingerprint density at radius 1 is 1.17 bits per heavy atom. The van der Waals surface area contributed by atoms with Gasteiger partial charge in [0, 0.05) is 32.5 Å². The van der Waals surface area contributed by atoms with Gasteiger partial charge in [-0.1, -0.05) is 11.3 Å². The number of hydrogen-bond acceptors (Lipinski definition) is 10. The van der Waals surface area contributed by atoms with Gasteiger partial charge in [-0.25, -0.2) is 9.78 Å². The lowest BCUT2D eigenvalue weighted by Crippen LogP contribution is -2.62. The Morgan fingerprint density at radius 2 is 1.95 bits per heavy atom. The van der Waals surface area contributed by atoms with Gasteiger partial charge in [0.1, 0.15) is 17.4 Å². The van der Waals surface area contributed by atoms with Crippen molar-refractivity contribution in [2.75, 3.05) is 31.1 Å². The van der Waals surface area contributed by atoms with Gasteiger partial charge in [0.15, 0.2) is 5.13 Å². The van der Waals surface area contributed by atoms with Crippen LogP contribution in [0.5, 0.6) is 5.75 Å². The van der Waals surface area contributed by atoms with E-state index in [1.807, 2.05) is 43.9 Å². The number of carbonyl (C=O) groups is 5. The number of benzene rings is 1. The van der Waals surface area contributed by atoms with E-state index in [1.165, 1.54) is 11.3 Å². The van der Waals surface area contributed by atoms with Gasteiger partial charge >= 0.3 is 6.09 Å². The second-order valence-electron chi connectivity index (χ2n) is 11.8. The van der Waals surface area contributed by atoms with Crippen molar-refractivity contribution in [1.29, 1.82) is 0 Å². The maximum absolute atomic E-state index is 13.3. The van der Waals surface area contributed by atoms with Crippen LogP contribution in [0.3, 0.4) is 0 Å². The number of nitrogens with one attached hydrogen (secondary N) is 2. The molecule has 1 aromatic heterocycles. The Hall–Kier alpha value is -3.74. The number of fused-ring (bicyclic) bond motifs is 1. The van der Waals surface area contributed by atoms with Crippen LogP contribution in [0.15, 0.2) is 18.2 Å². The SMILES string of the molecule is CC(C)(C)OC(=O)NCCCCCOc1ccc2nc(N3CC4(CC(=O)N(C5CCC(=O)NC5=O)C4=O)C3)sc2c1. The second-order valence-corrected chi connectivity index (χ2v) is 12.8. The molecule has 5 amide bonds. The third-order valence-corrected chi connectivity index (χ3v) is 8.40. The molecule has 2 aromatic rings. The molecule has 41 heavy (non-hydrogen) atoms. The summed E-state index contributed by atoms with van der Waals surface area (Å²) in [6.45, 7) is 7.30. The quantitative estimate of drug-likeness (QED) is 0.335. The minimum atomic E-state index is -0.920. The zero-order valence-corrected chi connectivity index (χ0v) is 24.3. The van der Waals surface area contributed by atoms with Gasteiger partial charge in [0.05, 0.1) is 22.2 Å². The minimum absolute atomic E-state index is 0.0556. The number of imide groups is 2. The lowest BCUT2D eigenvalue weighted by atomic mass is 9.78. The van der Waals surface area contributed by atoms with Crippen molar-refractivity contribution in [1.82, 2.24) is 20.5 Å². The van der Waals surface area contributed by atoms with Crippen molar-refractivity contribution in [2.24, 2.45) is 5.41 Å². The lowest BCUT2D eigenvalue weighted by molar-refractivity contribution is -0.152. The summed E-state index contributed by atoms with van der Waals surface area (Å²) in [5.74, 6) is -0.934. The van der Waals surface area contributed by atoms with Gasteiger partial charge in [0.25, 0.3) is 0 Å². The van der Waals surface area contributed by atoms with E-state index in [0.717, 1.165) is 45.3 Å². The molecular weight excluding hydrogens is 550 g/mol. The molecule has 3 saturated heterocycles. The van der Waals surface area contributed by atoms with Crippen molar-refractivity contribution in [2.45, 2.75) is 70.9 Å². The van der Waals surface area contributed by atoms with Crippen LogP contribution in [0.4, 0.5) is 9.93 Å². The summed E-state index contributed by atoms with van der Waals surface area (Å²) < 4.78 is 12.1. The summed E-state index contributed by atoms with van der Waals surface area (Å²) in [4.78, 5) is 69.2. The molecule has 0 radical (unpaired) electrons. The first kappa shape index (κ1) is 28.8. The third kappa shape index (κ3) is 6.29. The summed E-state index contributed by atoms with van der Waals surface area (Å²) in [7, 11) is 0. The van der Waals surface area contributed by atoms with Gasteiger partial charge < -0.3 is 19.7 Å². The Kier molecular flexibility index (Phi) is 7.91. The van der Waals surface area contributed by atoms with E-state index in [1.54, 1.807) is 0 Å². The summed E-state index contributed by atoms with van der Waals surface area (Å²) in [5.41, 5.74) is -0.537. The summed E-state index contributed by atoms with van der Waals surface area (Å²) in [6.07, 6.45) is 2.50. The number of carbonyl (C=O) groups excluding carboxylic acids is 5. The van der Waals surface area contributed by atoms with E-state index < -0.39 is 29.1 Å². The number of thiazole rings is 1. The molecule has 1 aromatic carbocycles. The molecule has 3 aliphatic heterocycles. The van der Waals surface area contributed by atoms with Crippen LogP contribution < -0.4 is 20.3 Å². The zero-order chi connectivity index (χ0) is 29.4. The Labute approximate surface area is 241 Å². The Bertz CT molecular complexity index is 1380. The van der Waals surface area contributed by atoms with Crippen molar-refractivity contribution >= 4 is 56.4 Å². The fourth-order valence-electron chi connectivity index (χ4n) is 5.35. The van der Waals surface area contributed by atoms with Crippen molar-refractivity contribution in [3.05, 3.63) is 18.2 Å². The largest absolute Gasteiger partial charge is 0.494 e. The molecule has 0 bridgehead atoms. The molecule has 220 valence electrons. The van der Waals surface area contributed by atoms with Gasteiger partial charge in [-0.15, -0.1) is 0 Å². The number of hydrogen-bond donors (Lipinski definition) is 2. The average Bonchev–Trinajstić information content (AvgIpc) is 3.39. The van der Waals surface area contributed by atoms with Crippen LogP contribution in [0.2, 0.25) is 0 Å². The zero-order valence-electron chi connectivity index (χ0n) is 23.5. The monoisotopic (exact) mass is 585 g/mol.